The van der Waals surface area contributed by atoms with Crippen molar-refractivity contribution in [3.05, 3.63) is 20.8 Å². The zero-order valence-electron chi connectivity index (χ0n) is 10.1. The number of aliphatic hydroxyl groups excluding tert-OH is 1. The Hall–Kier alpha value is -0.390. The van der Waals surface area contributed by atoms with Gasteiger partial charge >= 0.3 is 0 Å². The van der Waals surface area contributed by atoms with Gasteiger partial charge in [0.05, 0.1) is 10.2 Å². The van der Waals surface area contributed by atoms with Gasteiger partial charge in [0.15, 0.2) is 0 Å². The molecule has 5 heteroatoms. The van der Waals surface area contributed by atoms with Crippen LogP contribution in [0.15, 0.2) is 15.9 Å². The molecule has 96 valence electrons. The van der Waals surface area contributed by atoms with Gasteiger partial charge < -0.3 is 10.4 Å². The summed E-state index contributed by atoms with van der Waals surface area (Å²) >= 11 is 4.95. The van der Waals surface area contributed by atoms with E-state index in [1.54, 1.807) is 11.3 Å². The normalized spacial score (nSPS) is 14.4. The molecule has 2 N–H and O–H groups in total. The minimum atomic E-state index is -0.305. The summed E-state index contributed by atoms with van der Waals surface area (Å²) in [6, 6.07) is 3.89. The number of carbonyl (C=O) groups is 1. The van der Waals surface area contributed by atoms with E-state index in [9.17, 15) is 4.79 Å². The number of nitrogens with one attached hydrogen (secondary N) is 1. The van der Waals surface area contributed by atoms with Crippen LogP contribution in [0, 0.1) is 0 Å². The van der Waals surface area contributed by atoms with Crippen LogP contribution in [-0.2, 0) is 11.2 Å². The Balaban J connectivity index is 2.53. The molecule has 1 rings (SSSR count). The average Bonchev–Trinajstić information content (AvgIpc) is 2.64. The molecule has 0 aliphatic rings. The molecule has 1 atom stereocenters. The van der Waals surface area contributed by atoms with Crippen molar-refractivity contribution in [2.75, 3.05) is 6.61 Å². The van der Waals surface area contributed by atoms with E-state index in [1.165, 1.54) is 0 Å². The molecule has 0 fully saturated rings. The maximum Gasteiger partial charge on any atom is 0.225 e. The largest absolute Gasteiger partial charge is 0.396 e. The minimum Gasteiger partial charge on any atom is -0.396 e. The van der Waals surface area contributed by atoms with E-state index in [1.807, 2.05) is 26.0 Å². The third-order valence-corrected chi connectivity index (χ3v) is 4.47. The highest BCUT2D eigenvalue weighted by atomic mass is 79.9. The van der Waals surface area contributed by atoms with Crippen LogP contribution in [0.25, 0.3) is 0 Å². The van der Waals surface area contributed by atoms with Crippen LogP contribution in [0.2, 0.25) is 0 Å². The maximum atomic E-state index is 11.9. The molecule has 0 radical (unpaired) electrons. The third-order valence-electron chi connectivity index (χ3n) is 2.85. The van der Waals surface area contributed by atoms with E-state index in [0.717, 1.165) is 15.1 Å². The summed E-state index contributed by atoms with van der Waals surface area (Å²) in [5.41, 5.74) is -0.305. The number of halogens is 1. The second kappa shape index (κ2) is 6.52. The van der Waals surface area contributed by atoms with E-state index in [2.05, 4.69) is 21.2 Å². The second-order valence-electron chi connectivity index (χ2n) is 4.32. The number of hydrogen-bond acceptors (Lipinski definition) is 3. The molecule has 1 aromatic rings. The van der Waals surface area contributed by atoms with Crippen LogP contribution in [0.3, 0.4) is 0 Å². The first-order chi connectivity index (χ1) is 7.99. The number of amides is 1. The summed E-state index contributed by atoms with van der Waals surface area (Å²) < 4.78 is 1.04. The van der Waals surface area contributed by atoms with Crippen molar-refractivity contribution in [3.8, 4) is 0 Å². The fourth-order valence-corrected chi connectivity index (χ4v) is 3.04. The number of hydrogen-bond donors (Lipinski definition) is 2. The number of thiophene rings is 1. The van der Waals surface area contributed by atoms with Crippen LogP contribution < -0.4 is 5.32 Å². The van der Waals surface area contributed by atoms with Gasteiger partial charge in [0.25, 0.3) is 0 Å². The first kappa shape index (κ1) is 14.7. The Morgan fingerprint density at radius 2 is 2.29 bits per heavy atom. The van der Waals surface area contributed by atoms with E-state index in [4.69, 9.17) is 5.11 Å². The smallest absolute Gasteiger partial charge is 0.225 e. The summed E-state index contributed by atoms with van der Waals surface area (Å²) in [6.45, 7) is 4.07. The predicted octanol–water partition coefficient (Wildman–Crippen LogP) is 2.72. The standard InChI is InChI=1S/C12H18BrNO2S/c1-3-12(2,6-7-15)14-11(16)8-9-4-5-10(13)17-9/h4-5,15H,3,6-8H2,1-2H3,(H,14,16). The summed E-state index contributed by atoms with van der Waals surface area (Å²) in [5.74, 6) is 0.0113. The third kappa shape index (κ3) is 4.77. The summed E-state index contributed by atoms with van der Waals surface area (Å²) in [5, 5.41) is 12.0. The van der Waals surface area contributed by atoms with E-state index < -0.39 is 0 Å². The summed E-state index contributed by atoms with van der Waals surface area (Å²) in [7, 11) is 0. The minimum absolute atomic E-state index is 0.0113. The van der Waals surface area contributed by atoms with Crippen molar-refractivity contribution in [2.45, 2.75) is 38.6 Å². The van der Waals surface area contributed by atoms with Crippen molar-refractivity contribution in [1.82, 2.24) is 5.32 Å². The van der Waals surface area contributed by atoms with Crippen molar-refractivity contribution < 1.29 is 9.90 Å². The molecule has 1 amide bonds. The fourth-order valence-electron chi connectivity index (χ4n) is 1.56. The van der Waals surface area contributed by atoms with Gasteiger partial charge in [-0.1, -0.05) is 6.92 Å². The highest BCUT2D eigenvalue weighted by Crippen LogP contribution is 2.23. The lowest BCUT2D eigenvalue weighted by Crippen LogP contribution is -2.46. The first-order valence-corrected chi connectivity index (χ1v) is 7.26. The SMILES string of the molecule is CCC(C)(CCO)NC(=O)Cc1ccc(Br)s1. The van der Waals surface area contributed by atoms with E-state index in [0.29, 0.717) is 12.8 Å². The lowest BCUT2D eigenvalue weighted by molar-refractivity contribution is -0.122. The maximum absolute atomic E-state index is 11.9. The van der Waals surface area contributed by atoms with Gasteiger partial charge in [0, 0.05) is 17.0 Å². The molecule has 1 unspecified atom stereocenters. The number of aliphatic hydroxyl groups is 1. The van der Waals surface area contributed by atoms with E-state index >= 15 is 0 Å². The van der Waals surface area contributed by atoms with Crippen molar-refractivity contribution in [2.24, 2.45) is 0 Å². The Morgan fingerprint density at radius 1 is 1.59 bits per heavy atom. The molecule has 0 spiro atoms. The predicted molar refractivity (Wildman–Crippen MR) is 74.3 cm³/mol. The Kier molecular flexibility index (Phi) is 5.62. The monoisotopic (exact) mass is 319 g/mol. The Labute approximate surface area is 114 Å². The second-order valence-corrected chi connectivity index (χ2v) is 6.87. The molecule has 0 saturated heterocycles. The molecular weight excluding hydrogens is 302 g/mol. The van der Waals surface area contributed by atoms with Crippen LogP contribution in [0.4, 0.5) is 0 Å². The first-order valence-electron chi connectivity index (χ1n) is 5.65. The number of rotatable bonds is 6. The fraction of sp³-hybridized carbons (Fsp3) is 0.583. The van der Waals surface area contributed by atoms with E-state index in [-0.39, 0.29) is 18.1 Å². The molecule has 1 heterocycles. The van der Waals surface area contributed by atoms with Crippen molar-refractivity contribution in [3.63, 3.8) is 0 Å². The summed E-state index contributed by atoms with van der Waals surface area (Å²) in [4.78, 5) is 12.9. The van der Waals surface area contributed by atoms with Gasteiger partial charge in [-0.15, -0.1) is 11.3 Å². The Morgan fingerprint density at radius 3 is 2.76 bits per heavy atom. The quantitative estimate of drug-likeness (QED) is 0.847. The molecule has 0 bridgehead atoms. The number of carbonyl (C=O) groups excluding carboxylic acids is 1. The molecule has 0 aliphatic heterocycles. The molecule has 1 aromatic heterocycles. The zero-order valence-corrected chi connectivity index (χ0v) is 12.5. The van der Waals surface area contributed by atoms with Crippen LogP contribution >= 0.6 is 27.3 Å². The lowest BCUT2D eigenvalue weighted by Gasteiger charge is -2.28. The van der Waals surface area contributed by atoms with Gasteiger partial charge in [0.1, 0.15) is 0 Å². The van der Waals surface area contributed by atoms with Gasteiger partial charge in [-0.2, -0.15) is 0 Å². The topological polar surface area (TPSA) is 49.3 Å². The summed E-state index contributed by atoms with van der Waals surface area (Å²) in [6.07, 6.45) is 1.80. The van der Waals surface area contributed by atoms with Crippen LogP contribution in [0.1, 0.15) is 31.6 Å². The van der Waals surface area contributed by atoms with Crippen LogP contribution in [-0.4, -0.2) is 23.2 Å². The van der Waals surface area contributed by atoms with Gasteiger partial charge in [-0.25, -0.2) is 0 Å². The average molecular weight is 320 g/mol. The van der Waals surface area contributed by atoms with Gasteiger partial charge in [-0.3, -0.25) is 4.79 Å². The zero-order chi connectivity index (χ0) is 12.9. The highest BCUT2D eigenvalue weighted by molar-refractivity contribution is 9.11. The van der Waals surface area contributed by atoms with Crippen molar-refractivity contribution in [1.29, 1.82) is 0 Å². The molecule has 0 aliphatic carbocycles. The van der Waals surface area contributed by atoms with Crippen LogP contribution in [0.5, 0.6) is 0 Å². The van der Waals surface area contributed by atoms with Gasteiger partial charge in [-0.05, 0) is 47.8 Å². The van der Waals surface area contributed by atoms with Crippen molar-refractivity contribution >= 4 is 33.2 Å². The lowest BCUT2D eigenvalue weighted by atomic mass is 9.94. The molecule has 0 saturated carbocycles. The highest BCUT2D eigenvalue weighted by Gasteiger charge is 2.23. The molecule has 17 heavy (non-hydrogen) atoms. The molecular formula is C12H18BrNO2S. The molecule has 3 nitrogen and oxygen atoms in total. The Bertz CT molecular complexity index is 380. The van der Waals surface area contributed by atoms with Gasteiger partial charge in [0.2, 0.25) is 5.91 Å². The molecule has 0 aromatic carbocycles.